The lowest BCUT2D eigenvalue weighted by Crippen LogP contribution is -2.42. The molecule has 5 rings (SSSR count). The largest absolute Gasteiger partial charge is 0.356 e. The van der Waals surface area contributed by atoms with Crippen molar-refractivity contribution in [3.8, 4) is 0 Å². The maximum atomic E-state index is 13.1. The molecular weight excluding hydrogens is 342 g/mol. The van der Waals surface area contributed by atoms with Gasteiger partial charge in [-0.15, -0.1) is 11.3 Å². The number of carbonyl (C=O) groups excluding carboxylic acids is 1. The molecule has 0 N–H and O–H groups in total. The van der Waals surface area contributed by atoms with Gasteiger partial charge in [-0.3, -0.25) is 4.79 Å². The van der Waals surface area contributed by atoms with E-state index in [-0.39, 0.29) is 5.92 Å². The maximum Gasteiger partial charge on any atom is 0.230 e. The summed E-state index contributed by atoms with van der Waals surface area (Å²) in [5.41, 5.74) is 2.41. The van der Waals surface area contributed by atoms with Gasteiger partial charge in [-0.05, 0) is 48.4 Å². The van der Waals surface area contributed by atoms with Gasteiger partial charge in [0.2, 0.25) is 5.91 Å². The van der Waals surface area contributed by atoms with Crippen molar-refractivity contribution in [1.82, 2.24) is 4.98 Å². The van der Waals surface area contributed by atoms with Crippen LogP contribution in [0.25, 0.3) is 10.1 Å². The second-order valence-electron chi connectivity index (χ2n) is 7.10. The van der Waals surface area contributed by atoms with Crippen LogP contribution in [0.4, 0.5) is 11.5 Å². The van der Waals surface area contributed by atoms with Crippen molar-refractivity contribution in [2.24, 2.45) is 5.92 Å². The highest BCUT2D eigenvalue weighted by molar-refractivity contribution is 7.17. The summed E-state index contributed by atoms with van der Waals surface area (Å²) in [5.74, 6) is 1.50. The lowest BCUT2D eigenvalue weighted by atomic mass is 9.95. The van der Waals surface area contributed by atoms with E-state index in [1.54, 1.807) is 11.3 Å². The summed E-state index contributed by atoms with van der Waals surface area (Å²) in [5, 5.41) is 3.35. The molecule has 2 aliphatic heterocycles. The SMILES string of the molecule is O=C(C1CCN(c2nccc3sccc23)CC1)N1CCc2ccccc21. The third-order valence-corrected chi connectivity index (χ3v) is 6.54. The Labute approximate surface area is 157 Å². The highest BCUT2D eigenvalue weighted by Gasteiger charge is 2.32. The van der Waals surface area contributed by atoms with Crippen LogP contribution >= 0.6 is 11.3 Å². The van der Waals surface area contributed by atoms with Crippen molar-refractivity contribution in [3.63, 3.8) is 0 Å². The smallest absolute Gasteiger partial charge is 0.230 e. The Hall–Kier alpha value is -2.40. The molecule has 0 unspecified atom stereocenters. The summed E-state index contributed by atoms with van der Waals surface area (Å²) >= 11 is 1.75. The van der Waals surface area contributed by atoms with E-state index in [1.807, 2.05) is 17.2 Å². The van der Waals surface area contributed by atoms with E-state index in [0.29, 0.717) is 5.91 Å². The second-order valence-corrected chi connectivity index (χ2v) is 8.04. The molecule has 1 saturated heterocycles. The minimum absolute atomic E-state index is 0.124. The number of thiophene rings is 1. The Morgan fingerprint density at radius 3 is 2.81 bits per heavy atom. The van der Waals surface area contributed by atoms with Crippen LogP contribution in [0.1, 0.15) is 18.4 Å². The lowest BCUT2D eigenvalue weighted by molar-refractivity contribution is -0.122. The van der Waals surface area contributed by atoms with Crippen LogP contribution in [0.2, 0.25) is 0 Å². The molecule has 1 fully saturated rings. The summed E-state index contributed by atoms with van der Waals surface area (Å²) in [6.07, 6.45) is 4.68. The fourth-order valence-electron chi connectivity index (χ4n) is 4.26. The van der Waals surface area contributed by atoms with E-state index in [4.69, 9.17) is 0 Å². The Balaban J connectivity index is 1.30. The van der Waals surface area contributed by atoms with Gasteiger partial charge in [0.05, 0.1) is 0 Å². The molecule has 0 bridgehead atoms. The topological polar surface area (TPSA) is 36.4 Å². The van der Waals surface area contributed by atoms with Crippen molar-refractivity contribution < 1.29 is 4.79 Å². The predicted molar refractivity (Wildman–Crippen MR) is 107 cm³/mol. The number of benzene rings is 1. The molecule has 4 heterocycles. The fourth-order valence-corrected chi connectivity index (χ4v) is 5.03. The zero-order valence-electron chi connectivity index (χ0n) is 14.6. The van der Waals surface area contributed by atoms with Gasteiger partial charge in [0, 0.05) is 47.5 Å². The van der Waals surface area contributed by atoms with Gasteiger partial charge in [0.25, 0.3) is 0 Å². The van der Waals surface area contributed by atoms with E-state index in [0.717, 1.165) is 50.4 Å². The average molecular weight is 363 g/mol. The number of aromatic nitrogens is 1. The minimum Gasteiger partial charge on any atom is -0.356 e. The number of anilines is 2. The van der Waals surface area contributed by atoms with Crippen molar-refractivity contribution in [2.45, 2.75) is 19.3 Å². The Kier molecular flexibility index (Phi) is 3.89. The normalized spacial score (nSPS) is 17.7. The monoisotopic (exact) mass is 363 g/mol. The van der Waals surface area contributed by atoms with Crippen LogP contribution in [0.3, 0.4) is 0 Å². The summed E-state index contributed by atoms with van der Waals surface area (Å²) in [7, 11) is 0. The zero-order chi connectivity index (χ0) is 17.5. The first-order valence-corrected chi connectivity index (χ1v) is 10.2. The first kappa shape index (κ1) is 15.8. The molecule has 26 heavy (non-hydrogen) atoms. The van der Waals surface area contributed by atoms with E-state index >= 15 is 0 Å². The molecule has 0 radical (unpaired) electrons. The molecule has 0 saturated carbocycles. The van der Waals surface area contributed by atoms with Crippen LogP contribution < -0.4 is 9.80 Å². The molecule has 0 spiro atoms. The molecule has 2 aliphatic rings. The fraction of sp³-hybridized carbons (Fsp3) is 0.333. The van der Waals surface area contributed by atoms with E-state index in [2.05, 4.69) is 45.6 Å². The molecule has 2 aromatic heterocycles. The van der Waals surface area contributed by atoms with Crippen LogP contribution in [0.5, 0.6) is 0 Å². The van der Waals surface area contributed by atoms with Gasteiger partial charge >= 0.3 is 0 Å². The number of hydrogen-bond donors (Lipinski definition) is 0. The minimum atomic E-state index is 0.124. The van der Waals surface area contributed by atoms with Crippen LogP contribution in [0.15, 0.2) is 48.0 Å². The third-order valence-electron chi connectivity index (χ3n) is 5.66. The van der Waals surface area contributed by atoms with E-state index < -0.39 is 0 Å². The van der Waals surface area contributed by atoms with Gasteiger partial charge in [-0.2, -0.15) is 0 Å². The van der Waals surface area contributed by atoms with Gasteiger partial charge in [0.1, 0.15) is 5.82 Å². The molecule has 5 heteroatoms. The van der Waals surface area contributed by atoms with Gasteiger partial charge in [-0.25, -0.2) is 4.98 Å². The molecule has 132 valence electrons. The average Bonchev–Trinajstić information content (AvgIpc) is 3.34. The van der Waals surface area contributed by atoms with Crippen LogP contribution in [0, 0.1) is 5.92 Å². The van der Waals surface area contributed by atoms with Crippen molar-refractivity contribution in [1.29, 1.82) is 0 Å². The summed E-state index contributed by atoms with van der Waals surface area (Å²) in [6, 6.07) is 12.5. The maximum absolute atomic E-state index is 13.1. The zero-order valence-corrected chi connectivity index (χ0v) is 15.4. The number of nitrogens with zero attached hydrogens (tertiary/aromatic N) is 3. The Morgan fingerprint density at radius 2 is 1.92 bits per heavy atom. The molecule has 4 nitrogen and oxygen atoms in total. The molecule has 1 amide bonds. The summed E-state index contributed by atoms with van der Waals surface area (Å²) < 4.78 is 1.28. The van der Waals surface area contributed by atoms with Crippen molar-refractivity contribution >= 4 is 38.8 Å². The lowest BCUT2D eigenvalue weighted by Gasteiger charge is -2.34. The first-order chi connectivity index (χ1) is 12.8. The van der Waals surface area contributed by atoms with Gasteiger partial charge in [-0.1, -0.05) is 18.2 Å². The number of carbonyl (C=O) groups is 1. The van der Waals surface area contributed by atoms with Gasteiger partial charge in [0.15, 0.2) is 0 Å². The van der Waals surface area contributed by atoms with Crippen LogP contribution in [-0.4, -0.2) is 30.5 Å². The summed E-state index contributed by atoms with van der Waals surface area (Å²) in [6.45, 7) is 2.62. The third kappa shape index (κ3) is 2.58. The van der Waals surface area contributed by atoms with Crippen molar-refractivity contribution in [2.75, 3.05) is 29.4 Å². The number of piperidine rings is 1. The van der Waals surface area contributed by atoms with Gasteiger partial charge < -0.3 is 9.80 Å². The summed E-state index contributed by atoms with van der Waals surface area (Å²) in [4.78, 5) is 22.0. The highest BCUT2D eigenvalue weighted by Crippen LogP contribution is 2.33. The number of pyridine rings is 1. The number of hydrogen-bond acceptors (Lipinski definition) is 4. The highest BCUT2D eigenvalue weighted by atomic mass is 32.1. The molecule has 0 aliphatic carbocycles. The molecular formula is C21H21N3OS. The second kappa shape index (κ2) is 6.40. The predicted octanol–water partition coefficient (Wildman–Crippen LogP) is 4.10. The number of para-hydroxylation sites is 1. The molecule has 0 atom stereocenters. The number of amides is 1. The van der Waals surface area contributed by atoms with Crippen molar-refractivity contribution in [3.05, 3.63) is 53.5 Å². The van der Waals surface area contributed by atoms with Crippen LogP contribution in [-0.2, 0) is 11.2 Å². The van der Waals surface area contributed by atoms with E-state index in [9.17, 15) is 4.79 Å². The number of rotatable bonds is 2. The Morgan fingerprint density at radius 1 is 1.08 bits per heavy atom. The quantitative estimate of drug-likeness (QED) is 0.688. The first-order valence-electron chi connectivity index (χ1n) is 9.28. The standard InChI is InChI=1S/C21H21N3OS/c25-21(24-13-8-15-3-1-2-4-18(15)24)16-6-11-23(12-7-16)20-17-9-14-26-19(17)5-10-22-20/h1-5,9-10,14,16H,6-8,11-13H2. The Bertz CT molecular complexity index is 959. The number of fused-ring (bicyclic) bond motifs is 2. The molecule has 1 aromatic carbocycles. The van der Waals surface area contributed by atoms with E-state index in [1.165, 1.54) is 15.6 Å². The molecule has 3 aromatic rings.